The fourth-order valence-electron chi connectivity index (χ4n) is 3.43. The van der Waals surface area contributed by atoms with Crippen LogP contribution in [0.2, 0.25) is 0 Å². The number of esters is 1. The van der Waals surface area contributed by atoms with Gasteiger partial charge in [0, 0.05) is 17.0 Å². The molecule has 0 N–H and O–H groups in total. The molecule has 6 nitrogen and oxygen atoms in total. The summed E-state index contributed by atoms with van der Waals surface area (Å²) in [5.74, 6) is 0.730. The number of carbonyl (C=O) groups excluding carboxylic acids is 1. The minimum absolute atomic E-state index is 0.00824. The third-order valence-corrected chi connectivity index (χ3v) is 4.85. The Morgan fingerprint density at radius 3 is 2.50 bits per heavy atom. The average Bonchev–Trinajstić information content (AvgIpc) is 3.16. The molecule has 0 saturated heterocycles. The third kappa shape index (κ3) is 3.86. The first-order valence-electron chi connectivity index (χ1n) is 9.13. The van der Waals surface area contributed by atoms with Crippen molar-refractivity contribution in [1.82, 2.24) is 0 Å². The lowest BCUT2D eigenvalue weighted by Gasteiger charge is -2.10. The quantitative estimate of drug-likeness (QED) is 0.482. The molecule has 1 aliphatic rings. The Kier molecular flexibility index (Phi) is 5.02. The number of methoxy groups -OCH3 is 1. The van der Waals surface area contributed by atoms with E-state index in [0.717, 1.165) is 24.6 Å². The van der Waals surface area contributed by atoms with Crippen LogP contribution in [0.3, 0.4) is 0 Å². The summed E-state index contributed by atoms with van der Waals surface area (Å²) >= 11 is 0. The van der Waals surface area contributed by atoms with E-state index in [1.165, 1.54) is 17.2 Å². The average molecular weight is 380 g/mol. The van der Waals surface area contributed by atoms with Crippen LogP contribution in [-0.2, 0) is 29.0 Å². The molecule has 3 aromatic rings. The molecule has 0 atom stereocenters. The third-order valence-electron chi connectivity index (χ3n) is 4.85. The highest BCUT2D eigenvalue weighted by Gasteiger charge is 2.16. The summed E-state index contributed by atoms with van der Waals surface area (Å²) in [6.07, 6.45) is 3.11. The van der Waals surface area contributed by atoms with Gasteiger partial charge in [0.15, 0.2) is 6.61 Å². The zero-order chi connectivity index (χ0) is 19.5. The van der Waals surface area contributed by atoms with E-state index in [1.54, 1.807) is 31.4 Å². The fourth-order valence-corrected chi connectivity index (χ4v) is 3.43. The zero-order valence-corrected chi connectivity index (χ0v) is 15.5. The predicted octanol–water partition coefficient (Wildman–Crippen LogP) is 3.41. The van der Waals surface area contributed by atoms with Gasteiger partial charge in [-0.25, -0.2) is 9.59 Å². The maximum Gasteiger partial charge on any atom is 0.344 e. The van der Waals surface area contributed by atoms with E-state index < -0.39 is 11.6 Å². The summed E-state index contributed by atoms with van der Waals surface area (Å²) in [7, 11) is 1.58. The second-order valence-corrected chi connectivity index (χ2v) is 6.69. The number of aryl methyl sites for hydroxylation is 2. The molecule has 0 fully saturated rings. The van der Waals surface area contributed by atoms with E-state index in [2.05, 4.69) is 0 Å². The van der Waals surface area contributed by atoms with E-state index in [0.29, 0.717) is 22.6 Å². The number of carbonyl (C=O) groups is 1. The molecule has 0 amide bonds. The van der Waals surface area contributed by atoms with Gasteiger partial charge < -0.3 is 18.6 Å². The van der Waals surface area contributed by atoms with Crippen LogP contribution in [0.4, 0.5) is 0 Å². The Balaban J connectivity index is 1.43. The fraction of sp³-hybridized carbons (Fsp3) is 0.273. The number of ether oxygens (including phenoxy) is 3. The van der Waals surface area contributed by atoms with Gasteiger partial charge in [0.25, 0.3) is 0 Å². The summed E-state index contributed by atoms with van der Waals surface area (Å²) in [6, 6.07) is 12.3. The number of fused-ring (bicyclic) bond motifs is 2. The Morgan fingerprint density at radius 1 is 1.04 bits per heavy atom. The normalized spacial score (nSPS) is 12.6. The van der Waals surface area contributed by atoms with Crippen LogP contribution < -0.4 is 15.1 Å². The van der Waals surface area contributed by atoms with Crippen LogP contribution in [0.5, 0.6) is 11.5 Å². The second kappa shape index (κ2) is 7.76. The minimum atomic E-state index is -0.515. The van der Waals surface area contributed by atoms with Gasteiger partial charge in [-0.15, -0.1) is 0 Å². The lowest BCUT2D eigenvalue weighted by atomic mass is 10.0. The molecule has 0 aliphatic heterocycles. The monoisotopic (exact) mass is 380 g/mol. The van der Waals surface area contributed by atoms with Crippen LogP contribution >= 0.6 is 0 Å². The number of hydrogen-bond acceptors (Lipinski definition) is 6. The first-order valence-corrected chi connectivity index (χ1v) is 9.13. The van der Waals surface area contributed by atoms with Gasteiger partial charge in [0.1, 0.15) is 23.7 Å². The minimum Gasteiger partial charge on any atom is -0.497 e. The van der Waals surface area contributed by atoms with Crippen molar-refractivity contribution in [1.29, 1.82) is 0 Å². The molecule has 144 valence electrons. The van der Waals surface area contributed by atoms with Crippen LogP contribution in [0, 0.1) is 0 Å². The van der Waals surface area contributed by atoms with Crippen LogP contribution in [0.1, 0.15) is 23.1 Å². The molecular formula is C22H20O6. The van der Waals surface area contributed by atoms with Gasteiger partial charge in [-0.3, -0.25) is 0 Å². The molecule has 1 aliphatic carbocycles. The van der Waals surface area contributed by atoms with Crippen molar-refractivity contribution >= 4 is 16.9 Å². The number of hydrogen-bond donors (Lipinski definition) is 0. The maximum atomic E-state index is 12.0. The van der Waals surface area contributed by atoms with Gasteiger partial charge >= 0.3 is 11.6 Å². The lowest BCUT2D eigenvalue weighted by Crippen LogP contribution is -2.15. The molecule has 0 radical (unpaired) electrons. The van der Waals surface area contributed by atoms with Crippen molar-refractivity contribution in [2.75, 3.05) is 13.7 Å². The standard InChI is InChI=1S/C22H20O6/c1-25-17-5-7-18(8-6-17)26-13-22(24)27-12-16-11-21(23)28-20-10-15-4-2-3-14(15)9-19(16)20/h5-11H,2-4,12-13H2,1H3. The first kappa shape index (κ1) is 18.1. The van der Waals surface area contributed by atoms with Crippen LogP contribution in [0.15, 0.2) is 51.7 Å². The van der Waals surface area contributed by atoms with Crippen LogP contribution in [0.25, 0.3) is 11.0 Å². The lowest BCUT2D eigenvalue weighted by molar-refractivity contribution is -0.147. The highest BCUT2D eigenvalue weighted by Crippen LogP contribution is 2.28. The Bertz CT molecular complexity index is 1060. The highest BCUT2D eigenvalue weighted by atomic mass is 16.6. The van der Waals surface area contributed by atoms with Gasteiger partial charge in [-0.2, -0.15) is 0 Å². The van der Waals surface area contributed by atoms with Crippen molar-refractivity contribution < 1.29 is 23.4 Å². The molecule has 6 heteroatoms. The number of rotatable bonds is 6. The summed E-state index contributed by atoms with van der Waals surface area (Å²) < 4.78 is 21.1. The maximum absolute atomic E-state index is 12.0. The molecule has 1 aromatic heterocycles. The van der Waals surface area contributed by atoms with E-state index in [9.17, 15) is 9.59 Å². The molecule has 0 spiro atoms. The summed E-state index contributed by atoms with van der Waals surface area (Å²) in [6.45, 7) is -0.229. The SMILES string of the molecule is COc1ccc(OCC(=O)OCc2cc(=O)oc3cc4c(cc23)CCC4)cc1. The Hall–Kier alpha value is -3.28. The molecule has 4 rings (SSSR count). The first-order chi connectivity index (χ1) is 13.6. The van der Waals surface area contributed by atoms with E-state index >= 15 is 0 Å². The van der Waals surface area contributed by atoms with Gasteiger partial charge in [-0.1, -0.05) is 0 Å². The molecule has 1 heterocycles. The van der Waals surface area contributed by atoms with Crippen molar-refractivity contribution in [3.05, 3.63) is 69.6 Å². The van der Waals surface area contributed by atoms with E-state index in [4.69, 9.17) is 18.6 Å². The zero-order valence-electron chi connectivity index (χ0n) is 15.5. The van der Waals surface area contributed by atoms with Crippen molar-refractivity contribution in [2.24, 2.45) is 0 Å². The summed E-state index contributed by atoms with van der Waals surface area (Å²) in [4.78, 5) is 23.9. The van der Waals surface area contributed by atoms with Gasteiger partial charge in [-0.05, 0) is 66.8 Å². The van der Waals surface area contributed by atoms with E-state index in [-0.39, 0.29) is 13.2 Å². The van der Waals surface area contributed by atoms with Crippen molar-refractivity contribution in [3.8, 4) is 11.5 Å². The Labute approximate surface area is 161 Å². The van der Waals surface area contributed by atoms with Crippen LogP contribution in [-0.4, -0.2) is 19.7 Å². The molecular weight excluding hydrogens is 360 g/mol. The molecule has 0 bridgehead atoms. The molecule has 0 unspecified atom stereocenters. The molecule has 2 aromatic carbocycles. The highest BCUT2D eigenvalue weighted by molar-refractivity contribution is 5.82. The summed E-state index contributed by atoms with van der Waals surface area (Å²) in [5, 5.41) is 0.809. The topological polar surface area (TPSA) is 75.0 Å². The van der Waals surface area contributed by atoms with Crippen molar-refractivity contribution in [3.63, 3.8) is 0 Å². The van der Waals surface area contributed by atoms with Gasteiger partial charge in [0.05, 0.1) is 7.11 Å². The smallest absolute Gasteiger partial charge is 0.344 e. The largest absolute Gasteiger partial charge is 0.497 e. The molecule has 0 saturated carbocycles. The predicted molar refractivity (Wildman–Crippen MR) is 103 cm³/mol. The number of benzene rings is 2. The summed E-state index contributed by atoms with van der Waals surface area (Å²) in [5.41, 5.74) is 3.20. The van der Waals surface area contributed by atoms with E-state index in [1.807, 2.05) is 12.1 Å². The van der Waals surface area contributed by atoms with Crippen molar-refractivity contribution in [2.45, 2.75) is 25.9 Å². The van der Waals surface area contributed by atoms with Gasteiger partial charge in [0.2, 0.25) is 0 Å². The Morgan fingerprint density at radius 2 is 1.75 bits per heavy atom. The second-order valence-electron chi connectivity index (χ2n) is 6.69. The molecule has 28 heavy (non-hydrogen) atoms.